The Bertz CT molecular complexity index is 1340. The highest BCUT2D eigenvalue weighted by molar-refractivity contribution is 6.00. The lowest BCUT2D eigenvalue weighted by Crippen LogP contribution is -2.49. The zero-order valence-corrected chi connectivity index (χ0v) is 22.7. The molecule has 1 aromatic carbocycles. The van der Waals surface area contributed by atoms with Gasteiger partial charge in [-0.3, -0.25) is 19.1 Å². The first kappa shape index (κ1) is 29.3. The summed E-state index contributed by atoms with van der Waals surface area (Å²) < 4.78 is 43.7. The molecular formula is C29H33F3N4O4. The minimum atomic E-state index is -4.88. The fraction of sp³-hybridized carbons (Fsp3) is 0.552. The van der Waals surface area contributed by atoms with Crippen LogP contribution in [0.15, 0.2) is 30.5 Å². The molecule has 2 aliphatic rings. The number of carbonyl (C=O) groups excluding carboxylic acids is 2. The van der Waals surface area contributed by atoms with E-state index >= 15 is 0 Å². The number of aromatic nitrogens is 2. The van der Waals surface area contributed by atoms with E-state index in [4.69, 9.17) is 0 Å². The number of nitriles is 1. The largest absolute Gasteiger partial charge is 0.481 e. The van der Waals surface area contributed by atoms with E-state index in [0.29, 0.717) is 12.8 Å². The third kappa shape index (κ3) is 5.91. The van der Waals surface area contributed by atoms with E-state index in [1.807, 2.05) is 19.9 Å². The van der Waals surface area contributed by atoms with Gasteiger partial charge in [-0.1, -0.05) is 32.0 Å². The van der Waals surface area contributed by atoms with Crippen LogP contribution in [0.3, 0.4) is 0 Å². The van der Waals surface area contributed by atoms with Crippen LogP contribution in [0.25, 0.3) is 0 Å². The van der Waals surface area contributed by atoms with E-state index in [-0.39, 0.29) is 60.3 Å². The van der Waals surface area contributed by atoms with Crippen molar-refractivity contribution in [3.05, 3.63) is 52.8 Å². The molecular weight excluding hydrogens is 525 g/mol. The molecule has 2 N–H and O–H groups in total. The number of aliphatic carboxylic acids is 1. The average molecular weight is 559 g/mol. The van der Waals surface area contributed by atoms with Gasteiger partial charge in [-0.25, -0.2) is 0 Å². The van der Waals surface area contributed by atoms with Crippen molar-refractivity contribution < 1.29 is 32.7 Å². The normalized spacial score (nSPS) is 23.5. The molecule has 1 heterocycles. The van der Waals surface area contributed by atoms with E-state index in [9.17, 15) is 37.9 Å². The lowest BCUT2D eigenvalue weighted by molar-refractivity contribution is -0.152. The lowest BCUT2D eigenvalue weighted by Gasteiger charge is -2.46. The molecule has 214 valence electrons. The molecule has 0 saturated heterocycles. The van der Waals surface area contributed by atoms with Gasteiger partial charge in [0.25, 0.3) is 5.91 Å². The number of benzene rings is 1. The second-order valence-electron chi connectivity index (χ2n) is 12.1. The first-order valence-electron chi connectivity index (χ1n) is 13.4. The Morgan fingerprint density at radius 1 is 1.15 bits per heavy atom. The van der Waals surface area contributed by atoms with Gasteiger partial charge >= 0.3 is 12.1 Å². The Labute approximate surface area is 230 Å². The molecule has 1 aromatic heterocycles. The van der Waals surface area contributed by atoms with Crippen molar-refractivity contribution in [2.75, 3.05) is 0 Å². The van der Waals surface area contributed by atoms with Crippen LogP contribution in [0.5, 0.6) is 0 Å². The van der Waals surface area contributed by atoms with E-state index in [1.54, 1.807) is 19.1 Å². The number of hydrogen-bond donors (Lipinski definition) is 2. The smallest absolute Gasteiger partial charge is 0.433 e. The monoisotopic (exact) mass is 558 g/mol. The number of carboxylic acid groups (broad SMARTS) is 1. The molecule has 2 fully saturated rings. The van der Waals surface area contributed by atoms with E-state index < -0.39 is 46.8 Å². The fourth-order valence-corrected chi connectivity index (χ4v) is 6.15. The van der Waals surface area contributed by atoms with Crippen molar-refractivity contribution in [3.8, 4) is 6.07 Å². The first-order valence-corrected chi connectivity index (χ1v) is 13.4. The maximum atomic E-state index is 14.3. The number of nitrogens with zero attached hydrogens (tertiary/aromatic N) is 3. The number of alkyl halides is 3. The standard InChI is InChI=1S/C29H33F3N4O4/c1-27(2)13-18(14-27)22(12-23(37)20-7-5-4-6-17(20)15-33)35-25(38)21-16-34-36(24(21)29(30,31)32)19-8-10-28(3,11-9-19)26(39)40/h4-7,16,18-19,22H,8-14H2,1-3H3,(H,35,38)(H,39,40). The van der Waals surface area contributed by atoms with Crippen molar-refractivity contribution in [3.63, 3.8) is 0 Å². The van der Waals surface area contributed by atoms with Gasteiger partial charge in [0.05, 0.1) is 34.8 Å². The molecule has 2 aromatic rings. The number of hydrogen-bond acceptors (Lipinski definition) is 5. The summed E-state index contributed by atoms with van der Waals surface area (Å²) in [5, 5.41) is 25.5. The molecule has 1 atom stereocenters. The maximum absolute atomic E-state index is 14.3. The molecule has 2 saturated carbocycles. The fourth-order valence-electron chi connectivity index (χ4n) is 6.15. The van der Waals surface area contributed by atoms with Gasteiger partial charge in [0, 0.05) is 18.0 Å². The first-order chi connectivity index (χ1) is 18.6. The predicted molar refractivity (Wildman–Crippen MR) is 138 cm³/mol. The number of ketones is 1. The molecule has 0 radical (unpaired) electrons. The second-order valence-corrected chi connectivity index (χ2v) is 12.1. The Balaban J connectivity index is 1.59. The van der Waals surface area contributed by atoms with Gasteiger partial charge in [0.1, 0.15) is 0 Å². The summed E-state index contributed by atoms with van der Waals surface area (Å²) >= 11 is 0. The van der Waals surface area contributed by atoms with Crippen molar-refractivity contribution in [1.29, 1.82) is 5.26 Å². The van der Waals surface area contributed by atoms with Crippen LogP contribution in [-0.2, 0) is 11.0 Å². The van der Waals surface area contributed by atoms with Gasteiger partial charge < -0.3 is 10.4 Å². The molecule has 4 rings (SSSR count). The van der Waals surface area contributed by atoms with E-state index in [2.05, 4.69) is 10.4 Å². The highest BCUT2D eigenvalue weighted by Gasteiger charge is 2.46. The average Bonchev–Trinajstić information content (AvgIpc) is 3.33. The van der Waals surface area contributed by atoms with Crippen molar-refractivity contribution in [2.45, 2.75) is 84.0 Å². The number of rotatable bonds is 8. The topological polar surface area (TPSA) is 125 Å². The van der Waals surface area contributed by atoms with Crippen molar-refractivity contribution >= 4 is 17.7 Å². The number of Topliss-reactive ketones (excluding diaryl/α,β-unsaturated/α-hetero) is 1. The van der Waals surface area contributed by atoms with Crippen molar-refractivity contribution in [1.82, 2.24) is 15.1 Å². The molecule has 11 heteroatoms. The van der Waals surface area contributed by atoms with Crippen LogP contribution in [-0.4, -0.2) is 38.6 Å². The molecule has 0 spiro atoms. The van der Waals surface area contributed by atoms with Crippen LogP contribution in [0.1, 0.15) is 104 Å². The van der Waals surface area contributed by atoms with E-state index in [1.165, 1.54) is 12.1 Å². The van der Waals surface area contributed by atoms with Crippen LogP contribution in [0.2, 0.25) is 0 Å². The summed E-state index contributed by atoms with van der Waals surface area (Å²) in [4.78, 5) is 38.1. The van der Waals surface area contributed by atoms with Gasteiger partial charge in [-0.2, -0.15) is 23.5 Å². The minimum absolute atomic E-state index is 0.0191. The van der Waals surface area contributed by atoms with Crippen molar-refractivity contribution in [2.24, 2.45) is 16.7 Å². The third-order valence-corrected chi connectivity index (χ3v) is 8.50. The number of amides is 1. The molecule has 40 heavy (non-hydrogen) atoms. The predicted octanol–water partition coefficient (Wildman–Crippen LogP) is 5.79. The van der Waals surface area contributed by atoms with Gasteiger partial charge in [0.15, 0.2) is 11.5 Å². The molecule has 1 amide bonds. The Hall–Kier alpha value is -3.68. The SMILES string of the molecule is CC1(C)CC(C(CC(=O)c2ccccc2C#N)NC(=O)c2cnn(C3CCC(C)(C(=O)O)CC3)c2C(F)(F)F)C1. The van der Waals surface area contributed by atoms with Crippen LogP contribution in [0.4, 0.5) is 13.2 Å². The molecule has 0 bridgehead atoms. The third-order valence-electron chi connectivity index (χ3n) is 8.50. The maximum Gasteiger partial charge on any atom is 0.433 e. The number of carbonyl (C=O) groups is 3. The van der Waals surface area contributed by atoms with Gasteiger partial charge in [-0.15, -0.1) is 0 Å². The Kier molecular flexibility index (Phi) is 7.85. The molecule has 8 nitrogen and oxygen atoms in total. The summed E-state index contributed by atoms with van der Waals surface area (Å²) in [7, 11) is 0. The minimum Gasteiger partial charge on any atom is -0.481 e. The highest BCUT2D eigenvalue weighted by atomic mass is 19.4. The lowest BCUT2D eigenvalue weighted by atomic mass is 9.61. The Morgan fingerprint density at radius 3 is 2.33 bits per heavy atom. The molecule has 0 aliphatic heterocycles. The van der Waals surface area contributed by atoms with Crippen LogP contribution >= 0.6 is 0 Å². The van der Waals surface area contributed by atoms with Crippen LogP contribution in [0, 0.1) is 28.1 Å². The van der Waals surface area contributed by atoms with Gasteiger partial charge in [0.2, 0.25) is 0 Å². The zero-order valence-electron chi connectivity index (χ0n) is 22.7. The summed E-state index contributed by atoms with van der Waals surface area (Å²) in [5.41, 5.74) is -2.44. The summed E-state index contributed by atoms with van der Waals surface area (Å²) in [6.45, 7) is 5.66. The summed E-state index contributed by atoms with van der Waals surface area (Å²) in [6, 6.07) is 6.86. The summed E-state index contributed by atoms with van der Waals surface area (Å²) in [6.07, 6.45) is -2.03. The summed E-state index contributed by atoms with van der Waals surface area (Å²) in [5.74, 6) is -2.45. The number of halogens is 3. The van der Waals surface area contributed by atoms with Gasteiger partial charge in [-0.05, 0) is 62.8 Å². The molecule has 1 unspecified atom stereocenters. The zero-order chi connectivity index (χ0) is 29.5. The quantitative estimate of drug-likeness (QED) is 0.395. The second kappa shape index (κ2) is 10.7. The van der Waals surface area contributed by atoms with Crippen LogP contribution < -0.4 is 5.32 Å². The Morgan fingerprint density at radius 2 is 1.77 bits per heavy atom. The number of carboxylic acids is 1. The highest BCUT2D eigenvalue weighted by Crippen LogP contribution is 2.47. The molecule has 2 aliphatic carbocycles. The van der Waals surface area contributed by atoms with E-state index in [0.717, 1.165) is 10.9 Å². The number of nitrogens with one attached hydrogen (secondary N) is 1.